The van der Waals surface area contributed by atoms with Crippen molar-refractivity contribution in [2.75, 3.05) is 0 Å². The molecule has 82 valence electrons. The number of nitrogens with two attached hydrogens (primary N) is 1. The molecular weight excluding hydrogens is 198 g/mol. The Morgan fingerprint density at radius 3 is 2.12 bits per heavy atom. The number of ether oxygens (including phenoxy) is 1. The van der Waals surface area contributed by atoms with Crippen LogP contribution < -0.4 is 5.73 Å². The van der Waals surface area contributed by atoms with Crippen LogP contribution in [-0.4, -0.2) is 0 Å². The normalized spacial score (nSPS) is 12.3. The average Bonchev–Trinajstić information content (AvgIpc) is 2.38. The van der Waals surface area contributed by atoms with E-state index >= 15 is 0 Å². The number of hydrogen-bond donors (Lipinski definition) is 1. The molecule has 2 rings (SSSR count). The molecular formula is C14H16NO+. The van der Waals surface area contributed by atoms with Crippen molar-refractivity contribution >= 4 is 0 Å². The maximum absolute atomic E-state index is 5.92. The van der Waals surface area contributed by atoms with Gasteiger partial charge in [0.05, 0.1) is 6.61 Å². The van der Waals surface area contributed by atoms with Gasteiger partial charge in [-0.3, -0.25) is 0 Å². The van der Waals surface area contributed by atoms with Crippen molar-refractivity contribution in [3.63, 3.8) is 0 Å². The zero-order valence-corrected chi connectivity index (χ0v) is 9.04. The third kappa shape index (κ3) is 2.92. The molecule has 0 heterocycles. The summed E-state index contributed by atoms with van der Waals surface area (Å²) in [6.07, 6.45) is -0.360. The van der Waals surface area contributed by atoms with Gasteiger partial charge in [-0.05, 0) is 11.1 Å². The van der Waals surface area contributed by atoms with E-state index in [-0.39, 0.29) is 7.65 Å². The van der Waals surface area contributed by atoms with Gasteiger partial charge in [-0.2, -0.15) is 0 Å². The van der Waals surface area contributed by atoms with Gasteiger partial charge in [0.2, 0.25) is 0 Å². The van der Waals surface area contributed by atoms with Gasteiger partial charge in [0.15, 0.2) is 0 Å². The molecule has 2 nitrogen and oxygen atoms in total. The lowest BCUT2D eigenvalue weighted by molar-refractivity contribution is 0.0441. The van der Waals surface area contributed by atoms with Gasteiger partial charge < -0.3 is 10.5 Å². The van der Waals surface area contributed by atoms with E-state index in [1.807, 2.05) is 60.7 Å². The molecule has 1 unspecified atom stereocenters. The lowest BCUT2D eigenvalue weighted by atomic mass is 10.2. The van der Waals surface area contributed by atoms with Gasteiger partial charge in [-0.15, -0.1) is 0 Å². The standard InChI is InChI=1S/C14H15NO/c15-14(13-9-5-2-6-10-13)16-11-12-7-3-1-4-8-12/h1-10,14H,11,15H2/p+1. The van der Waals surface area contributed by atoms with E-state index in [2.05, 4.69) is 0 Å². The molecule has 2 N–H and O–H groups in total. The lowest BCUT2D eigenvalue weighted by Crippen LogP contribution is -2.14. The van der Waals surface area contributed by atoms with Crippen molar-refractivity contribution in [1.29, 1.82) is 0 Å². The smallest absolute Gasteiger partial charge is 0.355 e. The molecule has 0 aromatic heterocycles. The molecule has 0 fully saturated rings. The Labute approximate surface area is 97.2 Å². The van der Waals surface area contributed by atoms with Crippen LogP contribution in [0.4, 0.5) is 0 Å². The van der Waals surface area contributed by atoms with E-state index in [0.717, 1.165) is 11.1 Å². The van der Waals surface area contributed by atoms with Gasteiger partial charge in [0, 0.05) is 0 Å². The van der Waals surface area contributed by atoms with Crippen LogP contribution in [0.3, 0.4) is 0 Å². The van der Waals surface area contributed by atoms with E-state index in [0.29, 0.717) is 6.61 Å². The molecule has 0 bridgehead atoms. The highest BCUT2D eigenvalue weighted by Crippen LogP contribution is 2.13. The quantitative estimate of drug-likeness (QED) is 0.794. The van der Waals surface area contributed by atoms with Crippen molar-refractivity contribution in [3.8, 4) is 0 Å². The molecule has 2 heteroatoms. The maximum Gasteiger partial charge on any atom is 1.00 e. The summed E-state index contributed by atoms with van der Waals surface area (Å²) < 4.78 is 5.59. The fourth-order valence-corrected chi connectivity index (χ4v) is 1.50. The summed E-state index contributed by atoms with van der Waals surface area (Å²) in [6, 6.07) is 19.8. The van der Waals surface area contributed by atoms with E-state index in [1.54, 1.807) is 0 Å². The number of benzene rings is 2. The highest BCUT2D eigenvalue weighted by Gasteiger charge is 2.04. The summed E-state index contributed by atoms with van der Waals surface area (Å²) in [5.41, 5.74) is 8.05. The first-order valence-corrected chi connectivity index (χ1v) is 5.32. The van der Waals surface area contributed by atoms with Gasteiger partial charge in [-0.1, -0.05) is 60.7 Å². The Bertz CT molecular complexity index is 419. The molecule has 0 saturated heterocycles. The molecule has 0 spiro atoms. The first-order chi connectivity index (χ1) is 7.86. The minimum atomic E-state index is -0.360. The second kappa shape index (κ2) is 5.45. The molecule has 2 aromatic rings. The summed E-state index contributed by atoms with van der Waals surface area (Å²) in [7, 11) is 0. The summed E-state index contributed by atoms with van der Waals surface area (Å²) in [5.74, 6) is 0. The zero-order valence-electron chi connectivity index (χ0n) is 10.0. The average molecular weight is 214 g/mol. The summed E-state index contributed by atoms with van der Waals surface area (Å²) >= 11 is 0. The highest BCUT2D eigenvalue weighted by molar-refractivity contribution is 5.17. The lowest BCUT2D eigenvalue weighted by Gasteiger charge is -2.13. The van der Waals surface area contributed by atoms with Gasteiger partial charge in [0.1, 0.15) is 6.23 Å². The van der Waals surface area contributed by atoms with E-state index in [9.17, 15) is 0 Å². The van der Waals surface area contributed by atoms with Gasteiger partial charge >= 0.3 is 1.43 Å². The molecule has 0 saturated carbocycles. The summed E-state index contributed by atoms with van der Waals surface area (Å²) in [5, 5.41) is 0. The Balaban J connectivity index is 0.00000144. The Morgan fingerprint density at radius 1 is 0.938 bits per heavy atom. The maximum atomic E-state index is 5.92. The number of hydrogen-bond acceptors (Lipinski definition) is 2. The third-order valence-corrected chi connectivity index (χ3v) is 2.40. The fraction of sp³-hybridized carbons (Fsp3) is 0.143. The fourth-order valence-electron chi connectivity index (χ4n) is 1.50. The van der Waals surface area contributed by atoms with Crippen molar-refractivity contribution in [1.82, 2.24) is 0 Å². The van der Waals surface area contributed by atoms with E-state index < -0.39 is 0 Å². The first kappa shape index (κ1) is 10.9. The SMILES string of the molecule is NC(OCc1ccccc1)c1ccccc1.[H+]. The van der Waals surface area contributed by atoms with Crippen LogP contribution in [0.25, 0.3) is 0 Å². The molecule has 0 aliphatic carbocycles. The van der Waals surface area contributed by atoms with Crippen LogP contribution >= 0.6 is 0 Å². The van der Waals surface area contributed by atoms with Crippen molar-refractivity contribution in [2.24, 2.45) is 5.73 Å². The molecule has 1 atom stereocenters. The Hall–Kier alpha value is -1.64. The summed E-state index contributed by atoms with van der Waals surface area (Å²) in [4.78, 5) is 0. The predicted octanol–water partition coefficient (Wildman–Crippen LogP) is 2.97. The van der Waals surface area contributed by atoms with Gasteiger partial charge in [-0.25, -0.2) is 0 Å². The van der Waals surface area contributed by atoms with Crippen LogP contribution in [0.1, 0.15) is 18.8 Å². The molecule has 0 aliphatic rings. The number of rotatable bonds is 4. The largest absolute Gasteiger partial charge is 1.00 e. The van der Waals surface area contributed by atoms with Crippen molar-refractivity contribution in [2.45, 2.75) is 12.8 Å². The molecule has 0 amide bonds. The van der Waals surface area contributed by atoms with Crippen LogP contribution in [0.15, 0.2) is 60.7 Å². The molecule has 0 aliphatic heterocycles. The first-order valence-electron chi connectivity index (χ1n) is 5.32. The Morgan fingerprint density at radius 2 is 1.50 bits per heavy atom. The van der Waals surface area contributed by atoms with Crippen molar-refractivity contribution in [3.05, 3.63) is 71.8 Å². The topological polar surface area (TPSA) is 35.2 Å². The minimum Gasteiger partial charge on any atom is -0.355 e. The van der Waals surface area contributed by atoms with E-state index in [4.69, 9.17) is 10.5 Å². The molecule has 16 heavy (non-hydrogen) atoms. The van der Waals surface area contributed by atoms with Crippen LogP contribution in [-0.2, 0) is 11.3 Å². The Kier molecular flexibility index (Phi) is 3.70. The van der Waals surface area contributed by atoms with Crippen LogP contribution in [0, 0.1) is 0 Å². The second-order valence-corrected chi connectivity index (χ2v) is 3.63. The van der Waals surface area contributed by atoms with E-state index in [1.165, 1.54) is 0 Å². The minimum absolute atomic E-state index is 0. The molecule has 2 aromatic carbocycles. The molecule has 0 radical (unpaired) electrons. The van der Waals surface area contributed by atoms with Crippen LogP contribution in [0.2, 0.25) is 0 Å². The highest BCUT2D eigenvalue weighted by atomic mass is 16.5. The predicted molar refractivity (Wildman–Crippen MR) is 65.7 cm³/mol. The van der Waals surface area contributed by atoms with Crippen molar-refractivity contribution < 1.29 is 6.16 Å². The second-order valence-electron chi connectivity index (χ2n) is 3.63. The summed E-state index contributed by atoms with van der Waals surface area (Å²) in [6.45, 7) is 0.539. The van der Waals surface area contributed by atoms with Gasteiger partial charge in [0.25, 0.3) is 0 Å². The zero-order chi connectivity index (χ0) is 11.2. The monoisotopic (exact) mass is 214 g/mol. The third-order valence-electron chi connectivity index (χ3n) is 2.40. The van der Waals surface area contributed by atoms with Crippen LogP contribution in [0.5, 0.6) is 0 Å².